The van der Waals surface area contributed by atoms with Crippen molar-refractivity contribution in [3.05, 3.63) is 24.3 Å². The summed E-state index contributed by atoms with van der Waals surface area (Å²) >= 11 is 1.75. The van der Waals surface area contributed by atoms with Crippen molar-refractivity contribution in [2.75, 3.05) is 18.6 Å². The standard InChI is InChI=1S/C14H21N3S/c1-3-4-5-8-11-17(15-2)14-16-12-9-6-7-10-13(12)18-14/h6-7,9-10,15H,3-5,8,11H2,1-2H3. The molecule has 18 heavy (non-hydrogen) atoms. The van der Waals surface area contributed by atoms with Gasteiger partial charge in [-0.3, -0.25) is 5.01 Å². The Labute approximate surface area is 113 Å². The number of hydrogen-bond acceptors (Lipinski definition) is 4. The second kappa shape index (κ2) is 6.71. The maximum atomic E-state index is 4.66. The van der Waals surface area contributed by atoms with Crippen molar-refractivity contribution in [3.63, 3.8) is 0 Å². The molecule has 2 rings (SSSR count). The quantitative estimate of drug-likeness (QED) is 0.608. The van der Waals surface area contributed by atoms with E-state index in [2.05, 4.69) is 40.5 Å². The fourth-order valence-electron chi connectivity index (χ4n) is 1.98. The molecule has 4 heteroatoms. The van der Waals surface area contributed by atoms with Crippen LogP contribution < -0.4 is 10.4 Å². The van der Waals surface area contributed by atoms with Crippen molar-refractivity contribution in [3.8, 4) is 0 Å². The number of rotatable bonds is 7. The van der Waals surface area contributed by atoms with Crippen LogP contribution in [0.4, 0.5) is 5.13 Å². The lowest BCUT2D eigenvalue weighted by molar-refractivity contribution is 0.612. The Kier molecular flexibility index (Phi) is 4.96. The predicted molar refractivity (Wildman–Crippen MR) is 80.2 cm³/mol. The molecule has 0 saturated carbocycles. The van der Waals surface area contributed by atoms with Gasteiger partial charge in [0.2, 0.25) is 5.13 Å². The Morgan fingerprint density at radius 1 is 1.22 bits per heavy atom. The first-order chi connectivity index (χ1) is 8.85. The highest BCUT2D eigenvalue weighted by molar-refractivity contribution is 7.22. The summed E-state index contributed by atoms with van der Waals surface area (Å²) in [6.07, 6.45) is 5.10. The fourth-order valence-corrected chi connectivity index (χ4v) is 2.97. The molecule has 98 valence electrons. The molecule has 0 unspecified atom stereocenters. The molecule has 0 aliphatic carbocycles. The summed E-state index contributed by atoms with van der Waals surface area (Å²) in [5.41, 5.74) is 4.33. The van der Waals surface area contributed by atoms with E-state index in [1.165, 1.54) is 30.4 Å². The van der Waals surface area contributed by atoms with Crippen LogP contribution >= 0.6 is 11.3 Å². The molecule has 1 N–H and O–H groups in total. The molecule has 1 aromatic heterocycles. The first-order valence-corrected chi connectivity index (χ1v) is 7.47. The molecular formula is C14H21N3S. The number of anilines is 1. The van der Waals surface area contributed by atoms with Gasteiger partial charge in [0, 0.05) is 13.6 Å². The van der Waals surface area contributed by atoms with Crippen LogP contribution in [0.1, 0.15) is 32.6 Å². The summed E-state index contributed by atoms with van der Waals surface area (Å²) in [6.45, 7) is 3.26. The number of thiazole rings is 1. The van der Waals surface area contributed by atoms with Crippen LogP contribution in [0.3, 0.4) is 0 Å². The number of unbranched alkanes of at least 4 members (excludes halogenated alkanes) is 3. The molecule has 0 radical (unpaired) electrons. The molecule has 1 heterocycles. The Morgan fingerprint density at radius 2 is 2.06 bits per heavy atom. The minimum absolute atomic E-state index is 1.02. The van der Waals surface area contributed by atoms with Crippen molar-refractivity contribution < 1.29 is 0 Å². The molecule has 0 fully saturated rings. The lowest BCUT2D eigenvalue weighted by Gasteiger charge is -2.19. The zero-order chi connectivity index (χ0) is 12.8. The van der Waals surface area contributed by atoms with Crippen LogP contribution in [0.15, 0.2) is 24.3 Å². The molecule has 0 aliphatic rings. The van der Waals surface area contributed by atoms with Crippen LogP contribution in [-0.2, 0) is 0 Å². The summed E-state index contributed by atoms with van der Waals surface area (Å²) in [7, 11) is 1.96. The van der Waals surface area contributed by atoms with Crippen LogP contribution in [0.25, 0.3) is 10.2 Å². The third-order valence-electron chi connectivity index (χ3n) is 3.02. The molecule has 3 nitrogen and oxygen atoms in total. The van der Waals surface area contributed by atoms with E-state index in [1.807, 2.05) is 13.1 Å². The predicted octanol–water partition coefficient (Wildman–Crippen LogP) is 3.82. The molecule has 0 bridgehead atoms. The lowest BCUT2D eigenvalue weighted by atomic mass is 10.2. The van der Waals surface area contributed by atoms with Gasteiger partial charge in [-0.25, -0.2) is 10.4 Å². The highest BCUT2D eigenvalue weighted by Crippen LogP contribution is 2.27. The second-order valence-electron chi connectivity index (χ2n) is 4.40. The number of nitrogens with zero attached hydrogens (tertiary/aromatic N) is 2. The molecule has 0 atom stereocenters. The fraction of sp³-hybridized carbons (Fsp3) is 0.500. The topological polar surface area (TPSA) is 28.2 Å². The molecule has 0 saturated heterocycles. The van der Waals surface area contributed by atoms with E-state index in [0.717, 1.165) is 17.2 Å². The molecular weight excluding hydrogens is 242 g/mol. The Bertz CT molecular complexity index is 448. The highest BCUT2D eigenvalue weighted by atomic mass is 32.1. The zero-order valence-electron chi connectivity index (χ0n) is 11.1. The Balaban J connectivity index is 2.02. The molecule has 2 aromatic rings. The summed E-state index contributed by atoms with van der Waals surface area (Å²) < 4.78 is 1.25. The average Bonchev–Trinajstić information content (AvgIpc) is 2.82. The van der Waals surface area contributed by atoms with Gasteiger partial charge in [0.25, 0.3) is 0 Å². The number of para-hydroxylation sites is 1. The smallest absolute Gasteiger partial charge is 0.200 e. The molecule has 0 aliphatic heterocycles. The number of fused-ring (bicyclic) bond motifs is 1. The van der Waals surface area contributed by atoms with E-state index in [9.17, 15) is 0 Å². The van der Waals surface area contributed by atoms with Gasteiger partial charge in [-0.15, -0.1) is 0 Å². The van der Waals surface area contributed by atoms with Crippen LogP contribution in [0.5, 0.6) is 0 Å². The van der Waals surface area contributed by atoms with Crippen molar-refractivity contribution >= 4 is 26.7 Å². The summed E-state index contributed by atoms with van der Waals surface area (Å²) in [5, 5.41) is 3.22. The molecule has 1 aromatic carbocycles. The van der Waals surface area contributed by atoms with E-state index in [4.69, 9.17) is 0 Å². The van der Waals surface area contributed by atoms with E-state index in [1.54, 1.807) is 11.3 Å². The van der Waals surface area contributed by atoms with Crippen molar-refractivity contribution in [2.45, 2.75) is 32.6 Å². The minimum atomic E-state index is 1.02. The molecule has 0 spiro atoms. The van der Waals surface area contributed by atoms with Crippen molar-refractivity contribution in [1.29, 1.82) is 0 Å². The SMILES string of the molecule is CCCCCCN(NC)c1nc2ccccc2s1. The summed E-state index contributed by atoms with van der Waals surface area (Å²) in [4.78, 5) is 4.66. The van der Waals surface area contributed by atoms with E-state index in [0.29, 0.717) is 0 Å². The number of nitrogens with one attached hydrogen (secondary N) is 1. The van der Waals surface area contributed by atoms with Gasteiger partial charge in [-0.05, 0) is 18.6 Å². The second-order valence-corrected chi connectivity index (χ2v) is 5.41. The minimum Gasteiger partial charge on any atom is -0.284 e. The highest BCUT2D eigenvalue weighted by Gasteiger charge is 2.09. The number of aromatic nitrogens is 1. The van der Waals surface area contributed by atoms with Crippen LogP contribution in [-0.4, -0.2) is 18.6 Å². The number of hydrazine groups is 1. The normalized spacial score (nSPS) is 11.0. The van der Waals surface area contributed by atoms with Gasteiger partial charge < -0.3 is 0 Å². The lowest BCUT2D eigenvalue weighted by Crippen LogP contribution is -2.35. The maximum Gasteiger partial charge on any atom is 0.200 e. The first kappa shape index (κ1) is 13.3. The van der Waals surface area contributed by atoms with Crippen molar-refractivity contribution in [2.24, 2.45) is 0 Å². The van der Waals surface area contributed by atoms with Gasteiger partial charge in [-0.2, -0.15) is 0 Å². The van der Waals surface area contributed by atoms with Crippen molar-refractivity contribution in [1.82, 2.24) is 10.4 Å². The summed E-state index contributed by atoms with van der Waals surface area (Å²) in [5.74, 6) is 0. The van der Waals surface area contributed by atoms with Gasteiger partial charge in [0.15, 0.2) is 0 Å². The monoisotopic (exact) mass is 263 g/mol. The van der Waals surface area contributed by atoms with Gasteiger partial charge in [-0.1, -0.05) is 49.7 Å². The third-order valence-corrected chi connectivity index (χ3v) is 4.08. The van der Waals surface area contributed by atoms with Gasteiger partial charge >= 0.3 is 0 Å². The summed E-state index contributed by atoms with van der Waals surface area (Å²) in [6, 6.07) is 8.30. The van der Waals surface area contributed by atoms with Crippen LogP contribution in [0.2, 0.25) is 0 Å². The van der Waals surface area contributed by atoms with Gasteiger partial charge in [0.05, 0.1) is 10.2 Å². The van der Waals surface area contributed by atoms with E-state index < -0.39 is 0 Å². The molecule has 0 amide bonds. The van der Waals surface area contributed by atoms with E-state index >= 15 is 0 Å². The van der Waals surface area contributed by atoms with Crippen LogP contribution in [0, 0.1) is 0 Å². The first-order valence-electron chi connectivity index (χ1n) is 6.65. The third kappa shape index (κ3) is 3.21. The van der Waals surface area contributed by atoms with Gasteiger partial charge in [0.1, 0.15) is 0 Å². The number of benzene rings is 1. The Hall–Kier alpha value is -1.13. The Morgan fingerprint density at radius 3 is 2.78 bits per heavy atom. The average molecular weight is 263 g/mol. The number of hydrogen-bond donors (Lipinski definition) is 1. The van der Waals surface area contributed by atoms with E-state index in [-0.39, 0.29) is 0 Å². The largest absolute Gasteiger partial charge is 0.284 e. The maximum absolute atomic E-state index is 4.66. The zero-order valence-corrected chi connectivity index (χ0v) is 12.0.